The van der Waals surface area contributed by atoms with Crippen LogP contribution in [0.3, 0.4) is 0 Å². The van der Waals surface area contributed by atoms with E-state index in [4.69, 9.17) is 0 Å². The summed E-state index contributed by atoms with van der Waals surface area (Å²) in [6.07, 6.45) is 4.71. The summed E-state index contributed by atoms with van der Waals surface area (Å²) in [6, 6.07) is 7.66. The molecule has 3 rings (SSSR count). The molecule has 0 aromatic heterocycles. The maximum atomic E-state index is 12.6. The molecule has 2 fully saturated rings. The highest BCUT2D eigenvalue weighted by atomic mass is 16.2. The number of carbonyl (C=O) groups excluding carboxylic acids is 2. The van der Waals surface area contributed by atoms with Gasteiger partial charge in [-0.2, -0.15) is 0 Å². The number of benzene rings is 1. The molecule has 1 saturated carbocycles. The van der Waals surface area contributed by atoms with Crippen LogP contribution in [0.15, 0.2) is 24.3 Å². The Balaban J connectivity index is 2.07. The smallest absolute Gasteiger partial charge is 0.279 e. The quantitative estimate of drug-likeness (QED) is 0.737. The van der Waals surface area contributed by atoms with Gasteiger partial charge in [0.2, 0.25) is 0 Å². The molecule has 1 aromatic carbocycles. The lowest BCUT2D eigenvalue weighted by molar-refractivity contribution is -0.130. The van der Waals surface area contributed by atoms with Crippen molar-refractivity contribution >= 4 is 17.6 Å². The van der Waals surface area contributed by atoms with E-state index >= 15 is 0 Å². The highest BCUT2D eigenvalue weighted by Crippen LogP contribution is 2.42. The number of carbonyl (C=O) groups is 2. The maximum absolute atomic E-state index is 12.6. The molecule has 1 spiro atoms. The van der Waals surface area contributed by atoms with E-state index in [1.807, 2.05) is 31.2 Å². The Labute approximate surface area is 119 Å². The van der Waals surface area contributed by atoms with E-state index in [1.54, 1.807) is 11.9 Å². The molecular formula is C16H20N2O2. The molecule has 1 saturated heterocycles. The largest absolute Gasteiger partial charge is 0.331 e. The summed E-state index contributed by atoms with van der Waals surface area (Å²) in [4.78, 5) is 28.1. The molecule has 1 aromatic rings. The van der Waals surface area contributed by atoms with E-state index in [-0.39, 0.29) is 11.9 Å². The fourth-order valence-electron chi connectivity index (χ4n) is 3.45. The Morgan fingerprint density at radius 2 is 1.60 bits per heavy atom. The summed E-state index contributed by atoms with van der Waals surface area (Å²) in [5.74, 6) is -0.0391. The Hall–Kier alpha value is -1.84. The number of urea groups is 1. The lowest BCUT2D eigenvalue weighted by Gasteiger charge is -2.38. The van der Waals surface area contributed by atoms with Crippen LogP contribution in [-0.2, 0) is 4.79 Å². The minimum atomic E-state index is -0.640. The second-order valence-electron chi connectivity index (χ2n) is 5.91. The average Bonchev–Trinajstić information content (AvgIpc) is 2.64. The molecule has 20 heavy (non-hydrogen) atoms. The van der Waals surface area contributed by atoms with Gasteiger partial charge in [-0.05, 0) is 31.9 Å². The van der Waals surface area contributed by atoms with Gasteiger partial charge in [-0.25, -0.2) is 4.79 Å². The minimum absolute atomic E-state index is 0.0391. The van der Waals surface area contributed by atoms with Crippen LogP contribution < -0.4 is 4.90 Å². The van der Waals surface area contributed by atoms with Gasteiger partial charge in [0.1, 0.15) is 5.54 Å². The van der Waals surface area contributed by atoms with Gasteiger partial charge in [0.15, 0.2) is 0 Å². The zero-order chi connectivity index (χ0) is 14.3. The standard InChI is InChI=1S/C16H20N2O2/c1-12-6-8-13(9-7-12)18-15(20)17(2)14(19)16(18)10-4-3-5-11-16/h6-9H,3-5,10-11H2,1-2H3. The van der Waals surface area contributed by atoms with E-state index in [0.717, 1.165) is 43.4 Å². The third kappa shape index (κ3) is 1.74. The van der Waals surface area contributed by atoms with E-state index in [0.29, 0.717) is 0 Å². The highest BCUT2D eigenvalue weighted by Gasteiger charge is 2.56. The van der Waals surface area contributed by atoms with Crippen molar-refractivity contribution in [3.63, 3.8) is 0 Å². The lowest BCUT2D eigenvalue weighted by atomic mass is 9.80. The van der Waals surface area contributed by atoms with Gasteiger partial charge in [-0.1, -0.05) is 37.0 Å². The number of imide groups is 1. The fraction of sp³-hybridized carbons (Fsp3) is 0.500. The zero-order valence-electron chi connectivity index (χ0n) is 12.1. The first-order chi connectivity index (χ1) is 9.56. The van der Waals surface area contributed by atoms with Crippen molar-refractivity contribution in [3.8, 4) is 0 Å². The predicted molar refractivity (Wildman–Crippen MR) is 77.6 cm³/mol. The topological polar surface area (TPSA) is 40.6 Å². The summed E-state index contributed by atoms with van der Waals surface area (Å²) in [7, 11) is 1.59. The first kappa shape index (κ1) is 13.2. The van der Waals surface area contributed by atoms with Crippen molar-refractivity contribution in [3.05, 3.63) is 29.8 Å². The Bertz CT molecular complexity index is 544. The van der Waals surface area contributed by atoms with E-state index in [9.17, 15) is 9.59 Å². The number of hydrogen-bond donors (Lipinski definition) is 0. The average molecular weight is 272 g/mol. The monoisotopic (exact) mass is 272 g/mol. The molecule has 1 heterocycles. The molecule has 0 radical (unpaired) electrons. The number of anilines is 1. The first-order valence-electron chi connectivity index (χ1n) is 7.25. The summed E-state index contributed by atoms with van der Waals surface area (Å²) in [5.41, 5.74) is 1.34. The molecule has 106 valence electrons. The molecule has 0 atom stereocenters. The van der Waals surface area contributed by atoms with Gasteiger partial charge >= 0.3 is 6.03 Å². The second kappa shape index (κ2) is 4.62. The molecule has 4 heteroatoms. The number of aryl methyl sites for hydroxylation is 1. The third-order valence-corrected chi connectivity index (χ3v) is 4.58. The minimum Gasteiger partial charge on any atom is -0.279 e. The molecule has 1 aliphatic heterocycles. The van der Waals surface area contributed by atoms with Crippen LogP contribution in [0.1, 0.15) is 37.7 Å². The van der Waals surface area contributed by atoms with Crippen LogP contribution in [0, 0.1) is 6.92 Å². The third-order valence-electron chi connectivity index (χ3n) is 4.58. The van der Waals surface area contributed by atoms with Gasteiger partial charge in [-0.15, -0.1) is 0 Å². The van der Waals surface area contributed by atoms with Gasteiger partial charge in [0.25, 0.3) is 5.91 Å². The summed E-state index contributed by atoms with van der Waals surface area (Å²) in [6.45, 7) is 2.02. The molecule has 2 aliphatic rings. The summed E-state index contributed by atoms with van der Waals surface area (Å²) in [5, 5.41) is 0. The predicted octanol–water partition coefficient (Wildman–Crippen LogP) is 3.10. The van der Waals surface area contributed by atoms with Crippen molar-refractivity contribution in [1.82, 2.24) is 4.90 Å². The Morgan fingerprint density at radius 1 is 1.00 bits per heavy atom. The van der Waals surface area contributed by atoms with Crippen molar-refractivity contribution < 1.29 is 9.59 Å². The van der Waals surface area contributed by atoms with Crippen LogP contribution >= 0.6 is 0 Å². The van der Waals surface area contributed by atoms with E-state index in [2.05, 4.69) is 0 Å². The van der Waals surface area contributed by atoms with Gasteiger partial charge < -0.3 is 0 Å². The van der Waals surface area contributed by atoms with Crippen molar-refractivity contribution in [2.24, 2.45) is 0 Å². The van der Waals surface area contributed by atoms with Crippen LogP contribution in [0.25, 0.3) is 0 Å². The second-order valence-corrected chi connectivity index (χ2v) is 5.91. The van der Waals surface area contributed by atoms with E-state index < -0.39 is 5.54 Å². The summed E-state index contributed by atoms with van der Waals surface area (Å²) >= 11 is 0. The number of rotatable bonds is 1. The zero-order valence-corrected chi connectivity index (χ0v) is 12.1. The van der Waals surface area contributed by atoms with Crippen LogP contribution in [0.2, 0.25) is 0 Å². The van der Waals surface area contributed by atoms with Crippen molar-refractivity contribution in [1.29, 1.82) is 0 Å². The molecule has 3 amide bonds. The summed E-state index contributed by atoms with van der Waals surface area (Å²) < 4.78 is 0. The molecule has 0 N–H and O–H groups in total. The van der Waals surface area contributed by atoms with Crippen LogP contribution in [-0.4, -0.2) is 29.4 Å². The maximum Gasteiger partial charge on any atom is 0.331 e. The first-order valence-corrected chi connectivity index (χ1v) is 7.25. The number of hydrogen-bond acceptors (Lipinski definition) is 2. The molecule has 4 nitrogen and oxygen atoms in total. The van der Waals surface area contributed by atoms with Gasteiger partial charge in [0.05, 0.1) is 0 Å². The van der Waals surface area contributed by atoms with Crippen molar-refractivity contribution in [2.75, 3.05) is 11.9 Å². The highest BCUT2D eigenvalue weighted by molar-refractivity contribution is 6.16. The normalized spacial score (nSPS) is 21.9. The molecule has 0 bridgehead atoms. The molecule has 0 unspecified atom stereocenters. The number of amides is 3. The Morgan fingerprint density at radius 3 is 2.20 bits per heavy atom. The molecule has 1 aliphatic carbocycles. The van der Waals surface area contributed by atoms with Crippen LogP contribution in [0.5, 0.6) is 0 Å². The number of nitrogens with zero attached hydrogens (tertiary/aromatic N) is 2. The number of likely N-dealkylation sites (N-methyl/N-ethyl adjacent to an activating group) is 1. The van der Waals surface area contributed by atoms with Gasteiger partial charge in [0, 0.05) is 12.7 Å². The van der Waals surface area contributed by atoms with Crippen molar-refractivity contribution in [2.45, 2.75) is 44.6 Å². The molecular weight excluding hydrogens is 252 g/mol. The van der Waals surface area contributed by atoms with Gasteiger partial charge in [-0.3, -0.25) is 14.6 Å². The fourth-order valence-corrected chi connectivity index (χ4v) is 3.45. The SMILES string of the molecule is Cc1ccc(N2C(=O)N(C)C(=O)C23CCCCC3)cc1. The van der Waals surface area contributed by atoms with E-state index in [1.165, 1.54) is 4.90 Å². The Kier molecular flexibility index (Phi) is 3.04. The lowest BCUT2D eigenvalue weighted by Crippen LogP contribution is -2.51. The van der Waals surface area contributed by atoms with Crippen LogP contribution in [0.4, 0.5) is 10.5 Å².